The third kappa shape index (κ3) is 5.51. The molecular weight excluding hydrogens is 487 g/mol. The van der Waals surface area contributed by atoms with Gasteiger partial charge in [0.2, 0.25) is 5.91 Å². The normalized spacial score (nSPS) is 21.9. The molecule has 0 radical (unpaired) electrons. The van der Waals surface area contributed by atoms with Gasteiger partial charge in [0.15, 0.2) is 0 Å². The average Bonchev–Trinajstić information content (AvgIpc) is 3.36. The molecule has 6 rings (SSSR count). The van der Waals surface area contributed by atoms with E-state index in [-0.39, 0.29) is 23.2 Å². The standard InChI is InChI=1S/C33H43FN4O/c1-24(2)36-15-17-38(18-16-36)33(11-4-12-33)23-35-32(39)25-9-13-37(14-10-25)31-6-3-5-26(22-31)28-19-27-7-8-30(34)21-29(27)20-28/h3,5-8,20-22,24-25H,4,9-19,23H2,1-2H3,(H,35,39). The molecule has 0 bridgehead atoms. The van der Waals surface area contributed by atoms with Gasteiger partial charge in [-0.05, 0) is 98.9 Å². The van der Waals surface area contributed by atoms with Crippen LogP contribution in [0.1, 0.15) is 62.6 Å². The average molecular weight is 531 g/mol. The van der Waals surface area contributed by atoms with E-state index in [1.165, 1.54) is 41.6 Å². The lowest BCUT2D eigenvalue weighted by atomic mass is 9.74. The number of amides is 1. The molecule has 3 fully saturated rings. The highest BCUT2D eigenvalue weighted by Gasteiger charge is 2.44. The highest BCUT2D eigenvalue weighted by Crippen LogP contribution is 2.38. The Bertz CT molecular complexity index is 1220. The van der Waals surface area contributed by atoms with Gasteiger partial charge in [0.25, 0.3) is 0 Å². The second-order valence-corrected chi connectivity index (χ2v) is 12.4. The predicted octanol–water partition coefficient (Wildman–Crippen LogP) is 5.20. The maximum Gasteiger partial charge on any atom is 0.223 e. The van der Waals surface area contributed by atoms with Crippen molar-refractivity contribution < 1.29 is 9.18 Å². The van der Waals surface area contributed by atoms with Gasteiger partial charge in [-0.3, -0.25) is 14.6 Å². The fraction of sp³-hybridized carbons (Fsp3) is 0.545. The minimum atomic E-state index is -0.181. The molecule has 2 saturated heterocycles. The van der Waals surface area contributed by atoms with E-state index in [0.717, 1.165) is 70.6 Å². The van der Waals surface area contributed by atoms with Crippen molar-refractivity contribution >= 4 is 23.2 Å². The maximum absolute atomic E-state index is 13.7. The van der Waals surface area contributed by atoms with E-state index in [4.69, 9.17) is 0 Å². The second-order valence-electron chi connectivity index (χ2n) is 12.4. The molecule has 6 heteroatoms. The molecule has 1 saturated carbocycles. The van der Waals surface area contributed by atoms with Gasteiger partial charge in [0, 0.05) is 69.0 Å². The van der Waals surface area contributed by atoms with Crippen molar-refractivity contribution in [2.75, 3.05) is 50.7 Å². The summed E-state index contributed by atoms with van der Waals surface area (Å²) in [6.45, 7) is 11.7. The van der Waals surface area contributed by atoms with Crippen LogP contribution in [0.3, 0.4) is 0 Å². The first kappa shape index (κ1) is 26.5. The van der Waals surface area contributed by atoms with Gasteiger partial charge >= 0.3 is 0 Å². The fourth-order valence-corrected chi connectivity index (χ4v) is 7.09. The molecule has 39 heavy (non-hydrogen) atoms. The van der Waals surface area contributed by atoms with E-state index < -0.39 is 0 Å². The number of carbonyl (C=O) groups is 1. The number of benzene rings is 2. The number of anilines is 1. The molecule has 2 heterocycles. The Morgan fingerprint density at radius 2 is 1.79 bits per heavy atom. The van der Waals surface area contributed by atoms with Crippen molar-refractivity contribution in [3.8, 4) is 0 Å². The summed E-state index contributed by atoms with van der Waals surface area (Å²) >= 11 is 0. The quantitative estimate of drug-likeness (QED) is 0.534. The van der Waals surface area contributed by atoms with E-state index in [1.54, 1.807) is 12.1 Å². The first-order valence-electron chi connectivity index (χ1n) is 15.0. The van der Waals surface area contributed by atoms with Gasteiger partial charge in [0.05, 0.1) is 0 Å². The number of piperazine rings is 1. The number of carbonyl (C=O) groups excluding carboxylic acids is 1. The summed E-state index contributed by atoms with van der Waals surface area (Å²) in [5, 5.41) is 3.39. The number of allylic oxidation sites excluding steroid dienone is 1. The molecule has 4 aliphatic rings. The van der Waals surface area contributed by atoms with Crippen molar-refractivity contribution in [1.29, 1.82) is 0 Å². The van der Waals surface area contributed by atoms with Crippen LogP contribution in [-0.2, 0) is 11.2 Å². The van der Waals surface area contributed by atoms with Gasteiger partial charge in [-0.15, -0.1) is 0 Å². The van der Waals surface area contributed by atoms with E-state index in [1.807, 2.05) is 6.07 Å². The second kappa shape index (κ2) is 11.1. The van der Waals surface area contributed by atoms with E-state index >= 15 is 0 Å². The maximum atomic E-state index is 13.7. The lowest BCUT2D eigenvalue weighted by Gasteiger charge is -2.53. The van der Waals surface area contributed by atoms with Gasteiger partial charge in [-0.1, -0.05) is 24.3 Å². The van der Waals surface area contributed by atoms with Gasteiger partial charge in [-0.2, -0.15) is 0 Å². The molecule has 0 spiro atoms. The Labute approximate surface area is 233 Å². The number of halogens is 1. The minimum Gasteiger partial charge on any atom is -0.371 e. The summed E-state index contributed by atoms with van der Waals surface area (Å²) in [5.41, 5.74) is 6.00. The van der Waals surface area contributed by atoms with Gasteiger partial charge < -0.3 is 10.2 Å². The van der Waals surface area contributed by atoms with Crippen molar-refractivity contribution in [2.24, 2.45) is 5.92 Å². The third-order valence-electron chi connectivity index (χ3n) is 9.86. The van der Waals surface area contributed by atoms with Crippen molar-refractivity contribution in [2.45, 2.75) is 64.0 Å². The molecule has 2 aromatic rings. The summed E-state index contributed by atoms with van der Waals surface area (Å²) in [4.78, 5) is 20.9. The highest BCUT2D eigenvalue weighted by atomic mass is 19.1. The van der Waals surface area contributed by atoms with Crippen LogP contribution in [-0.4, -0.2) is 73.1 Å². The number of rotatable bonds is 7. The summed E-state index contributed by atoms with van der Waals surface area (Å²) < 4.78 is 13.7. The van der Waals surface area contributed by atoms with Crippen LogP contribution >= 0.6 is 0 Å². The number of nitrogens with one attached hydrogen (secondary N) is 1. The molecule has 208 valence electrons. The topological polar surface area (TPSA) is 38.8 Å². The molecule has 0 atom stereocenters. The van der Waals surface area contributed by atoms with Crippen LogP contribution < -0.4 is 10.2 Å². The third-order valence-corrected chi connectivity index (χ3v) is 9.86. The SMILES string of the molecule is CC(C)N1CCN(C2(CNC(=O)C3CCN(c4cccc(C5=Cc6cc(F)ccc6C5)c4)CC3)CCC2)CC1. The summed E-state index contributed by atoms with van der Waals surface area (Å²) in [6.07, 6.45) is 8.44. The molecule has 0 unspecified atom stereocenters. The molecule has 1 N–H and O–H groups in total. The van der Waals surface area contributed by atoms with Crippen LogP contribution in [0, 0.1) is 11.7 Å². The molecule has 0 aromatic heterocycles. The van der Waals surface area contributed by atoms with Gasteiger partial charge in [0.1, 0.15) is 5.82 Å². The van der Waals surface area contributed by atoms with Crippen LogP contribution in [0.15, 0.2) is 42.5 Å². The molecule has 2 aliphatic carbocycles. The number of hydrogen-bond acceptors (Lipinski definition) is 4. The lowest BCUT2D eigenvalue weighted by molar-refractivity contribution is -0.127. The van der Waals surface area contributed by atoms with E-state index in [0.29, 0.717) is 6.04 Å². The summed E-state index contributed by atoms with van der Waals surface area (Å²) in [5.74, 6) is 0.164. The molecule has 2 aromatic carbocycles. The Morgan fingerprint density at radius 1 is 1.03 bits per heavy atom. The largest absolute Gasteiger partial charge is 0.371 e. The Morgan fingerprint density at radius 3 is 2.49 bits per heavy atom. The fourth-order valence-electron chi connectivity index (χ4n) is 7.09. The molecule has 5 nitrogen and oxygen atoms in total. The summed E-state index contributed by atoms with van der Waals surface area (Å²) in [6, 6.07) is 14.4. The molecule has 1 amide bonds. The molecule has 2 aliphatic heterocycles. The smallest absolute Gasteiger partial charge is 0.223 e. The van der Waals surface area contributed by atoms with Crippen LogP contribution in [0.2, 0.25) is 0 Å². The van der Waals surface area contributed by atoms with Crippen LogP contribution in [0.5, 0.6) is 0 Å². The highest BCUT2D eigenvalue weighted by molar-refractivity contribution is 5.89. The van der Waals surface area contributed by atoms with Crippen molar-refractivity contribution in [1.82, 2.24) is 15.1 Å². The number of hydrogen-bond donors (Lipinski definition) is 1. The van der Waals surface area contributed by atoms with Crippen LogP contribution in [0.4, 0.5) is 10.1 Å². The zero-order valence-electron chi connectivity index (χ0n) is 23.6. The minimum absolute atomic E-state index is 0.0984. The Hall–Kier alpha value is -2.70. The summed E-state index contributed by atoms with van der Waals surface area (Å²) in [7, 11) is 0. The number of nitrogens with zero attached hydrogens (tertiary/aromatic N) is 3. The zero-order valence-corrected chi connectivity index (χ0v) is 23.6. The zero-order chi connectivity index (χ0) is 27.0. The van der Waals surface area contributed by atoms with Crippen molar-refractivity contribution in [3.63, 3.8) is 0 Å². The number of fused-ring (bicyclic) bond motifs is 1. The molecular formula is C33H43FN4O. The Balaban J connectivity index is 1.01. The first-order chi connectivity index (χ1) is 18.9. The first-order valence-corrected chi connectivity index (χ1v) is 15.0. The lowest BCUT2D eigenvalue weighted by Crippen LogP contribution is -2.65. The number of piperidine rings is 1. The predicted molar refractivity (Wildman–Crippen MR) is 157 cm³/mol. The Kier molecular flexibility index (Phi) is 7.52. The van der Waals surface area contributed by atoms with Gasteiger partial charge in [-0.25, -0.2) is 4.39 Å². The van der Waals surface area contributed by atoms with Crippen LogP contribution in [0.25, 0.3) is 11.6 Å². The monoisotopic (exact) mass is 530 g/mol. The van der Waals surface area contributed by atoms with E-state index in [9.17, 15) is 9.18 Å². The van der Waals surface area contributed by atoms with Crippen molar-refractivity contribution in [3.05, 3.63) is 65.0 Å². The van der Waals surface area contributed by atoms with E-state index in [2.05, 4.69) is 64.2 Å².